The Morgan fingerprint density at radius 1 is 1.07 bits per heavy atom. The summed E-state index contributed by atoms with van der Waals surface area (Å²) in [5.41, 5.74) is 2.06. The smallest absolute Gasteiger partial charge is 0.305 e. The van der Waals surface area contributed by atoms with Gasteiger partial charge in [-0.15, -0.1) is 0 Å². The minimum atomic E-state index is -0.323. The normalized spacial score (nSPS) is 18.6. The predicted octanol–water partition coefficient (Wildman–Crippen LogP) is 3.75. The molecule has 29 heavy (non-hydrogen) atoms. The number of amides is 2. The molecule has 2 heterocycles. The third kappa shape index (κ3) is 4.38. The second-order valence-corrected chi connectivity index (χ2v) is 8.53. The van der Waals surface area contributed by atoms with Crippen LogP contribution in [-0.4, -0.2) is 47.2 Å². The first-order chi connectivity index (χ1) is 14.0. The van der Waals surface area contributed by atoms with Gasteiger partial charge in [0.15, 0.2) is 0 Å². The number of thioether (sulfide) groups is 1. The number of hydrogen-bond donors (Lipinski definition) is 0. The van der Waals surface area contributed by atoms with Gasteiger partial charge >= 0.3 is 5.97 Å². The summed E-state index contributed by atoms with van der Waals surface area (Å²) in [5.74, 6) is -0.729. The maximum atomic E-state index is 13.2. The molecule has 0 spiro atoms. The van der Waals surface area contributed by atoms with E-state index in [0.29, 0.717) is 34.3 Å². The second kappa shape index (κ2) is 9.54. The number of carbonyl (C=O) groups is 3. The number of unbranched alkanes of at least 4 members (excludes halogenated alkanes) is 2. The van der Waals surface area contributed by atoms with Crippen molar-refractivity contribution in [1.29, 1.82) is 0 Å². The van der Waals surface area contributed by atoms with Crippen LogP contribution in [0, 0.1) is 0 Å². The van der Waals surface area contributed by atoms with E-state index in [0.717, 1.165) is 30.5 Å². The van der Waals surface area contributed by atoms with E-state index < -0.39 is 0 Å². The molecule has 1 aromatic rings. The van der Waals surface area contributed by atoms with Crippen molar-refractivity contribution < 1.29 is 19.1 Å². The van der Waals surface area contributed by atoms with Gasteiger partial charge in [-0.2, -0.15) is 0 Å². The molecule has 154 valence electrons. The number of nitrogens with zero attached hydrogens (tertiary/aromatic N) is 2. The van der Waals surface area contributed by atoms with Gasteiger partial charge in [-0.25, -0.2) is 0 Å². The SMILES string of the molecule is CCCCCN1C(=O)/C(=C2\SC(=S)N(CCCC(=O)OC)C2=O)c2ccccc21. The summed E-state index contributed by atoms with van der Waals surface area (Å²) in [6.07, 6.45) is 3.70. The number of fused-ring (bicyclic) bond motifs is 1. The van der Waals surface area contributed by atoms with Crippen molar-refractivity contribution in [2.75, 3.05) is 25.1 Å². The highest BCUT2D eigenvalue weighted by Crippen LogP contribution is 2.44. The Morgan fingerprint density at radius 2 is 1.79 bits per heavy atom. The van der Waals surface area contributed by atoms with Gasteiger partial charge in [0, 0.05) is 25.1 Å². The minimum Gasteiger partial charge on any atom is -0.469 e. The van der Waals surface area contributed by atoms with Gasteiger partial charge in [-0.05, 0) is 18.9 Å². The number of methoxy groups -OCH3 is 1. The summed E-state index contributed by atoms with van der Waals surface area (Å²) in [4.78, 5) is 41.2. The van der Waals surface area contributed by atoms with Crippen molar-refractivity contribution in [2.45, 2.75) is 39.0 Å². The van der Waals surface area contributed by atoms with E-state index >= 15 is 0 Å². The lowest BCUT2D eigenvalue weighted by Gasteiger charge is -2.16. The van der Waals surface area contributed by atoms with Gasteiger partial charge in [-0.1, -0.05) is 61.9 Å². The van der Waals surface area contributed by atoms with E-state index in [9.17, 15) is 14.4 Å². The molecule has 0 bridgehead atoms. The van der Waals surface area contributed by atoms with Gasteiger partial charge in [0.2, 0.25) is 0 Å². The molecule has 0 aromatic heterocycles. The molecule has 0 N–H and O–H groups in total. The molecule has 2 aliphatic rings. The molecule has 8 heteroatoms. The third-order valence-corrected chi connectivity index (χ3v) is 6.42. The first-order valence-electron chi connectivity index (χ1n) is 9.75. The highest BCUT2D eigenvalue weighted by atomic mass is 32.2. The molecule has 0 atom stereocenters. The van der Waals surface area contributed by atoms with E-state index in [-0.39, 0.29) is 24.2 Å². The number of rotatable bonds is 8. The zero-order valence-electron chi connectivity index (χ0n) is 16.6. The molecule has 1 aromatic carbocycles. The van der Waals surface area contributed by atoms with Crippen LogP contribution < -0.4 is 4.90 Å². The third-order valence-electron chi connectivity index (χ3n) is 4.97. The number of hydrogen-bond acceptors (Lipinski definition) is 6. The van der Waals surface area contributed by atoms with E-state index in [2.05, 4.69) is 11.7 Å². The first-order valence-corrected chi connectivity index (χ1v) is 11.0. The van der Waals surface area contributed by atoms with Crippen molar-refractivity contribution in [1.82, 2.24) is 4.90 Å². The Hall–Kier alpha value is -2.19. The Labute approximate surface area is 180 Å². The number of benzene rings is 1. The number of thiocarbonyl (C=S) groups is 1. The number of anilines is 1. The number of ether oxygens (including phenoxy) is 1. The number of para-hydroxylation sites is 1. The minimum absolute atomic E-state index is 0.141. The van der Waals surface area contributed by atoms with E-state index in [1.165, 1.54) is 23.8 Å². The van der Waals surface area contributed by atoms with E-state index in [1.807, 2.05) is 24.3 Å². The molecule has 1 fully saturated rings. The molecule has 0 saturated carbocycles. The summed E-state index contributed by atoms with van der Waals surface area (Å²) < 4.78 is 5.05. The fourth-order valence-electron chi connectivity index (χ4n) is 3.47. The van der Waals surface area contributed by atoms with Crippen LogP contribution in [-0.2, 0) is 19.1 Å². The molecule has 6 nitrogen and oxygen atoms in total. The second-order valence-electron chi connectivity index (χ2n) is 6.89. The van der Waals surface area contributed by atoms with Crippen molar-refractivity contribution in [3.63, 3.8) is 0 Å². The van der Waals surface area contributed by atoms with Crippen LogP contribution >= 0.6 is 24.0 Å². The standard InChI is InChI=1S/C21H24N2O4S2/c1-3-4-7-12-22-15-10-6-5-9-14(15)17(19(22)25)18-20(26)23(21(28)29-18)13-8-11-16(24)27-2/h5-6,9-10H,3-4,7-8,11-13H2,1-2H3/b18-17-. The van der Waals surface area contributed by atoms with Crippen molar-refractivity contribution in [2.24, 2.45) is 0 Å². The van der Waals surface area contributed by atoms with E-state index in [4.69, 9.17) is 12.2 Å². The summed E-state index contributed by atoms with van der Waals surface area (Å²) >= 11 is 6.55. The van der Waals surface area contributed by atoms with Crippen LogP contribution in [0.2, 0.25) is 0 Å². The highest BCUT2D eigenvalue weighted by Gasteiger charge is 2.41. The largest absolute Gasteiger partial charge is 0.469 e. The van der Waals surface area contributed by atoms with Crippen molar-refractivity contribution in [3.05, 3.63) is 34.7 Å². The molecule has 0 unspecified atom stereocenters. The Morgan fingerprint density at radius 3 is 2.52 bits per heavy atom. The maximum Gasteiger partial charge on any atom is 0.305 e. The molecule has 2 aliphatic heterocycles. The molecule has 0 aliphatic carbocycles. The molecule has 0 radical (unpaired) electrons. The van der Waals surface area contributed by atoms with E-state index in [1.54, 1.807) is 4.90 Å². The summed E-state index contributed by atoms with van der Waals surface area (Å²) in [6, 6.07) is 7.58. The molecule has 3 rings (SSSR count). The Kier molecular flexibility index (Phi) is 7.08. The average molecular weight is 433 g/mol. The number of esters is 1. The van der Waals surface area contributed by atoms with Gasteiger partial charge < -0.3 is 9.64 Å². The number of carbonyl (C=O) groups excluding carboxylic acids is 3. The Bertz CT molecular complexity index is 881. The molecular weight excluding hydrogens is 408 g/mol. The van der Waals surface area contributed by atoms with Crippen LogP contribution in [0.15, 0.2) is 29.2 Å². The lowest BCUT2D eigenvalue weighted by atomic mass is 10.1. The van der Waals surface area contributed by atoms with Crippen LogP contribution in [0.25, 0.3) is 5.57 Å². The van der Waals surface area contributed by atoms with Crippen molar-refractivity contribution in [3.8, 4) is 0 Å². The van der Waals surface area contributed by atoms with Gasteiger partial charge in [0.05, 0.1) is 23.3 Å². The molecule has 2 amide bonds. The average Bonchev–Trinajstić information content (AvgIpc) is 3.15. The topological polar surface area (TPSA) is 66.9 Å². The van der Waals surface area contributed by atoms with Crippen LogP contribution in [0.1, 0.15) is 44.6 Å². The lowest BCUT2D eigenvalue weighted by molar-refractivity contribution is -0.141. The van der Waals surface area contributed by atoms with Crippen LogP contribution in [0.5, 0.6) is 0 Å². The summed E-state index contributed by atoms with van der Waals surface area (Å²) in [7, 11) is 1.34. The predicted molar refractivity (Wildman–Crippen MR) is 118 cm³/mol. The van der Waals surface area contributed by atoms with Crippen LogP contribution in [0.3, 0.4) is 0 Å². The molecule has 1 saturated heterocycles. The zero-order chi connectivity index (χ0) is 21.0. The van der Waals surface area contributed by atoms with Crippen molar-refractivity contribution >= 4 is 57.3 Å². The van der Waals surface area contributed by atoms with Gasteiger partial charge in [0.25, 0.3) is 11.8 Å². The zero-order valence-corrected chi connectivity index (χ0v) is 18.2. The summed E-state index contributed by atoms with van der Waals surface area (Å²) in [6.45, 7) is 3.08. The maximum absolute atomic E-state index is 13.2. The monoisotopic (exact) mass is 432 g/mol. The lowest BCUT2D eigenvalue weighted by Crippen LogP contribution is -2.30. The highest BCUT2D eigenvalue weighted by molar-refractivity contribution is 8.26. The van der Waals surface area contributed by atoms with Gasteiger partial charge in [0.1, 0.15) is 4.32 Å². The van der Waals surface area contributed by atoms with Gasteiger partial charge in [-0.3, -0.25) is 19.3 Å². The Balaban J connectivity index is 1.86. The molecular formula is C21H24N2O4S2. The fourth-order valence-corrected chi connectivity index (χ4v) is 4.85. The summed E-state index contributed by atoms with van der Waals surface area (Å²) in [5, 5.41) is 0. The fraction of sp³-hybridized carbons (Fsp3) is 0.429. The van der Waals surface area contributed by atoms with Crippen LogP contribution in [0.4, 0.5) is 5.69 Å². The quantitative estimate of drug-likeness (QED) is 0.270. The first kappa shape index (κ1) is 21.5.